The topological polar surface area (TPSA) is 0 Å². The molecule has 0 unspecified atom stereocenters. The number of rotatable bonds is 3. The average Bonchev–Trinajstić information content (AvgIpc) is 2.54. The molecule has 0 radical (unpaired) electrons. The van der Waals surface area contributed by atoms with Crippen LogP contribution in [0.5, 0.6) is 0 Å². The first-order valence-corrected chi connectivity index (χ1v) is 8.71. The van der Waals surface area contributed by atoms with E-state index in [9.17, 15) is 0 Å². The third-order valence-corrected chi connectivity index (χ3v) is 6.64. The molecule has 0 fully saturated rings. The van der Waals surface area contributed by atoms with E-state index in [1.54, 1.807) is 0 Å². The van der Waals surface area contributed by atoms with Crippen molar-refractivity contribution in [1.82, 2.24) is 0 Å². The molecule has 22 heavy (non-hydrogen) atoms. The van der Waals surface area contributed by atoms with E-state index in [1.165, 1.54) is 10.6 Å². The molecule has 0 amide bonds. The van der Waals surface area contributed by atoms with Gasteiger partial charge in [-0.25, -0.2) is 0 Å². The van der Waals surface area contributed by atoms with E-state index in [4.69, 9.17) is 23.2 Å². The van der Waals surface area contributed by atoms with Gasteiger partial charge in [-0.2, -0.15) is 0 Å². The van der Waals surface area contributed by atoms with Gasteiger partial charge in [0.25, 0.3) is 0 Å². The fourth-order valence-corrected chi connectivity index (χ4v) is 5.21. The molecular weight excluding hydrogens is 424 g/mol. The van der Waals surface area contributed by atoms with Crippen LogP contribution in [0.4, 0.5) is 0 Å². The van der Waals surface area contributed by atoms with Crippen molar-refractivity contribution < 1.29 is 20.4 Å². The summed E-state index contributed by atoms with van der Waals surface area (Å²) in [6, 6.07) is 26.8. The van der Waals surface area contributed by atoms with E-state index < -0.39 is 7.92 Å². The average molecular weight is 438 g/mol. The minimum absolute atomic E-state index is 0. The zero-order valence-corrected chi connectivity index (χ0v) is 15.5. The van der Waals surface area contributed by atoms with Crippen LogP contribution >= 0.6 is 31.1 Å². The van der Waals surface area contributed by atoms with Crippen molar-refractivity contribution in [3.63, 3.8) is 0 Å². The molecule has 112 valence electrons. The first-order chi connectivity index (χ1) is 10.3. The molecule has 0 atom stereocenters. The number of hydrogen-bond acceptors (Lipinski definition) is 0. The van der Waals surface area contributed by atoms with Crippen LogP contribution in [0.15, 0.2) is 78.9 Å². The van der Waals surface area contributed by atoms with Crippen molar-refractivity contribution in [2.24, 2.45) is 0 Å². The van der Waals surface area contributed by atoms with Gasteiger partial charge in [0.15, 0.2) is 0 Å². The van der Waals surface area contributed by atoms with Crippen LogP contribution in [0.2, 0.25) is 10.0 Å². The molecule has 3 rings (SSSR count). The summed E-state index contributed by atoms with van der Waals surface area (Å²) >= 11 is 12.7. The van der Waals surface area contributed by atoms with E-state index in [0.717, 1.165) is 5.30 Å². The Labute approximate surface area is 155 Å². The Morgan fingerprint density at radius 3 is 1.59 bits per heavy atom. The predicted octanol–water partition coefficient (Wildman–Crippen LogP) is 4.75. The van der Waals surface area contributed by atoms with Crippen LogP contribution in [-0.2, 0) is 20.4 Å². The Morgan fingerprint density at radius 2 is 1.09 bits per heavy atom. The third kappa shape index (κ3) is 3.80. The number of benzene rings is 3. The predicted molar refractivity (Wildman–Crippen MR) is 95.2 cm³/mol. The molecule has 4 heteroatoms. The van der Waals surface area contributed by atoms with Crippen LogP contribution in [0.3, 0.4) is 0 Å². The molecular formula is C18H13Cl2PPd+2. The van der Waals surface area contributed by atoms with E-state index in [1.807, 2.05) is 24.3 Å². The molecule has 0 saturated carbocycles. The fourth-order valence-electron chi connectivity index (χ4n) is 2.25. The van der Waals surface area contributed by atoms with Gasteiger partial charge >= 0.3 is 20.4 Å². The molecule has 0 spiro atoms. The van der Waals surface area contributed by atoms with E-state index in [2.05, 4.69) is 54.6 Å². The molecule has 0 aliphatic rings. The maximum Gasteiger partial charge on any atom is 2.00 e. The molecule has 3 aromatic carbocycles. The first kappa shape index (κ1) is 17.7. The fraction of sp³-hybridized carbons (Fsp3) is 0. The van der Waals surface area contributed by atoms with Crippen molar-refractivity contribution in [1.29, 1.82) is 0 Å². The van der Waals surface area contributed by atoms with Crippen molar-refractivity contribution in [2.45, 2.75) is 0 Å². The van der Waals surface area contributed by atoms with Gasteiger partial charge in [-0.3, -0.25) is 0 Å². The van der Waals surface area contributed by atoms with Gasteiger partial charge in [0, 0.05) is 5.30 Å². The SMILES string of the molecule is Clc1cccc(P(c2ccccc2)c2ccccc2)c1Cl.[Pd+2]. The second-order valence-corrected chi connectivity index (χ2v) is 7.55. The zero-order valence-electron chi connectivity index (χ0n) is 11.5. The number of hydrogen-bond donors (Lipinski definition) is 0. The maximum atomic E-state index is 6.47. The third-order valence-electron chi connectivity index (χ3n) is 3.20. The van der Waals surface area contributed by atoms with Gasteiger partial charge in [0.05, 0.1) is 10.0 Å². The molecule has 0 aliphatic heterocycles. The molecule has 0 aromatic heterocycles. The zero-order chi connectivity index (χ0) is 14.7. The van der Waals surface area contributed by atoms with Gasteiger partial charge in [-0.15, -0.1) is 0 Å². The Hall–Kier alpha value is -0.668. The van der Waals surface area contributed by atoms with Crippen LogP contribution < -0.4 is 15.9 Å². The van der Waals surface area contributed by atoms with Crippen LogP contribution in [-0.4, -0.2) is 0 Å². The van der Waals surface area contributed by atoms with Crippen molar-refractivity contribution in [3.05, 3.63) is 88.9 Å². The van der Waals surface area contributed by atoms with Crippen LogP contribution in [0.25, 0.3) is 0 Å². The molecule has 0 bridgehead atoms. The van der Waals surface area contributed by atoms with Crippen molar-refractivity contribution in [3.8, 4) is 0 Å². The molecule has 3 aromatic rings. The Morgan fingerprint density at radius 1 is 0.591 bits per heavy atom. The summed E-state index contributed by atoms with van der Waals surface area (Å²) in [7, 11) is -0.699. The second kappa shape index (κ2) is 8.26. The van der Waals surface area contributed by atoms with Gasteiger partial charge in [0.1, 0.15) is 0 Å². The number of halogens is 2. The Kier molecular flexibility index (Phi) is 6.64. The van der Waals surface area contributed by atoms with E-state index in [0.29, 0.717) is 10.0 Å². The summed E-state index contributed by atoms with van der Waals surface area (Å²) in [5.41, 5.74) is 0. The summed E-state index contributed by atoms with van der Waals surface area (Å²) in [6.07, 6.45) is 0. The van der Waals surface area contributed by atoms with Gasteiger partial charge in [0.2, 0.25) is 0 Å². The molecule has 0 saturated heterocycles. The van der Waals surface area contributed by atoms with Crippen molar-refractivity contribution >= 4 is 47.0 Å². The summed E-state index contributed by atoms with van der Waals surface area (Å²) < 4.78 is 0. The Bertz CT molecular complexity index is 693. The van der Waals surface area contributed by atoms with E-state index in [-0.39, 0.29) is 20.4 Å². The standard InChI is InChI=1S/C18H13Cl2P.Pd/c19-16-12-7-13-17(18(16)20)21(14-8-3-1-4-9-14)15-10-5-2-6-11-15;/h1-13H;/q;+2. The first-order valence-electron chi connectivity index (χ1n) is 6.61. The van der Waals surface area contributed by atoms with Crippen LogP contribution in [0.1, 0.15) is 0 Å². The molecule has 0 heterocycles. The quantitative estimate of drug-likeness (QED) is 0.410. The largest absolute Gasteiger partial charge is 2.00 e. The minimum Gasteiger partial charge on any atom is -0.0827 e. The second-order valence-electron chi connectivity index (χ2n) is 4.58. The summed E-state index contributed by atoms with van der Waals surface area (Å²) in [6.45, 7) is 0. The summed E-state index contributed by atoms with van der Waals surface area (Å²) in [5.74, 6) is 0. The minimum atomic E-state index is -0.699. The molecule has 0 nitrogen and oxygen atoms in total. The maximum absolute atomic E-state index is 6.47. The van der Waals surface area contributed by atoms with Crippen molar-refractivity contribution in [2.75, 3.05) is 0 Å². The monoisotopic (exact) mass is 436 g/mol. The van der Waals surface area contributed by atoms with Crippen LogP contribution in [0, 0.1) is 0 Å². The van der Waals surface area contributed by atoms with E-state index >= 15 is 0 Å². The van der Waals surface area contributed by atoms with Gasteiger partial charge in [-0.1, -0.05) is 96.0 Å². The smallest absolute Gasteiger partial charge is 0.0827 e. The van der Waals surface area contributed by atoms with Gasteiger partial charge < -0.3 is 0 Å². The summed E-state index contributed by atoms with van der Waals surface area (Å²) in [4.78, 5) is 0. The van der Waals surface area contributed by atoms with Gasteiger partial charge in [-0.05, 0) is 24.6 Å². The normalized spacial score (nSPS) is 10.3. The molecule has 0 aliphatic carbocycles. The molecule has 0 N–H and O–H groups in total. The Balaban J connectivity index is 0.00000176. The summed E-state index contributed by atoms with van der Waals surface area (Å²) in [5, 5.41) is 4.88.